The Hall–Kier alpha value is -0.632. The first kappa shape index (κ1) is 21.4. The fourth-order valence-corrected chi connectivity index (χ4v) is 3.45. The molecule has 0 aliphatic rings. The molecule has 9 heteroatoms. The molecule has 1 nitrogen and oxygen atoms in total. The summed E-state index contributed by atoms with van der Waals surface area (Å²) < 4.78 is 57.5. The van der Waals surface area contributed by atoms with Gasteiger partial charge < -0.3 is 9.44 Å². The van der Waals surface area contributed by atoms with Gasteiger partial charge in [0, 0.05) is 0 Å². The van der Waals surface area contributed by atoms with E-state index in [4.69, 9.17) is 4.74 Å². The molecule has 0 N–H and O–H groups in total. The van der Waals surface area contributed by atoms with Crippen LogP contribution in [0, 0.1) is 7.14 Å². The molecule has 0 aliphatic carbocycles. The van der Waals surface area contributed by atoms with Gasteiger partial charge in [-0.2, -0.15) is 0 Å². The Labute approximate surface area is 139 Å². The number of hydrogen-bond acceptors (Lipinski definition) is 1. The zero-order chi connectivity index (χ0) is 16.0. The van der Waals surface area contributed by atoms with Gasteiger partial charge in [-0.1, -0.05) is 18.2 Å². The van der Waals surface area contributed by atoms with Crippen LogP contribution in [0.3, 0.4) is 0 Å². The fourth-order valence-electron chi connectivity index (χ4n) is 1.24. The van der Waals surface area contributed by atoms with Gasteiger partial charge in [-0.05, 0) is 36.4 Å². The number of halogens is 7. The van der Waals surface area contributed by atoms with Crippen LogP contribution in [0.4, 0.5) is 14.1 Å². The van der Waals surface area contributed by atoms with Crippen LogP contribution >= 0.6 is 0 Å². The van der Waals surface area contributed by atoms with E-state index in [1.54, 1.807) is 7.11 Å². The van der Waals surface area contributed by atoms with E-state index in [1.807, 2.05) is 12.1 Å². The molecule has 0 saturated carbocycles. The van der Waals surface area contributed by atoms with Crippen molar-refractivity contribution in [1.82, 2.24) is 0 Å². The van der Waals surface area contributed by atoms with Gasteiger partial charge in [0.05, 0.1) is 7.11 Å². The van der Waals surface area contributed by atoms with E-state index in [2.05, 4.69) is 42.5 Å². The Morgan fingerprint density at radius 1 is 0.773 bits per heavy atom. The van der Waals surface area contributed by atoms with E-state index in [1.165, 1.54) is 7.14 Å². The summed E-state index contributed by atoms with van der Waals surface area (Å²) in [5.41, 5.74) is 0. The zero-order valence-electron chi connectivity index (χ0n) is 11.2. The molecule has 0 fully saturated rings. The molecule has 0 unspecified atom stereocenters. The van der Waals surface area contributed by atoms with Crippen molar-refractivity contribution in [3.8, 4) is 5.75 Å². The normalized spacial score (nSPS) is 12.0. The van der Waals surface area contributed by atoms with Gasteiger partial charge >= 0.3 is 55.6 Å². The second kappa shape index (κ2) is 8.86. The van der Waals surface area contributed by atoms with Crippen LogP contribution in [0.25, 0.3) is 0 Å². The molecule has 0 radical (unpaired) electrons. The molecule has 0 aliphatic heterocycles. The summed E-state index contributed by atoms with van der Waals surface area (Å²) in [5.74, 6) is 0.927. The third kappa shape index (κ3) is 12.0. The Bertz CT molecular complexity index is 539. The summed E-state index contributed by atoms with van der Waals surface area (Å²) in [6.45, 7) is 0. The zero-order valence-corrected chi connectivity index (χ0v) is 15.9. The second-order valence-electron chi connectivity index (χ2n) is 3.69. The van der Waals surface area contributed by atoms with Crippen molar-refractivity contribution in [3.63, 3.8) is 0 Å². The summed E-state index contributed by atoms with van der Waals surface area (Å²) in [7, 11) is 1.70. The summed E-state index contributed by atoms with van der Waals surface area (Å²) in [6, 6.07) is 19.0. The SMILES string of the molecule is COc1ccc([I+]c2ccccc2)cc1.[F-].[F][Sb]([F])([F])([F])[F]. The topological polar surface area (TPSA) is 9.23 Å². The number of methoxy groups -OCH3 is 1. The molecule has 0 saturated heterocycles. The fraction of sp³-hybridized carbons (Fsp3) is 0.0769. The van der Waals surface area contributed by atoms with Crippen molar-refractivity contribution in [2.45, 2.75) is 0 Å². The van der Waals surface area contributed by atoms with Crippen molar-refractivity contribution >= 4 is 20.3 Å². The van der Waals surface area contributed by atoms with Crippen molar-refractivity contribution in [1.29, 1.82) is 0 Å². The van der Waals surface area contributed by atoms with E-state index >= 15 is 0 Å². The minimum atomic E-state index is -9.19. The van der Waals surface area contributed by atoms with Gasteiger partial charge in [-0.3, -0.25) is 0 Å². The van der Waals surface area contributed by atoms with E-state index in [9.17, 15) is 14.1 Å². The predicted octanol–water partition coefficient (Wildman–Crippen LogP) is -1.45. The molecular weight excluding hydrogens is 535 g/mol. The van der Waals surface area contributed by atoms with Crippen molar-refractivity contribution < 1.29 is 44.7 Å². The molecule has 0 spiro atoms. The maximum atomic E-state index is 9.91. The van der Waals surface area contributed by atoms with Crippen LogP contribution in [0.1, 0.15) is 0 Å². The molecule has 0 atom stereocenters. The third-order valence-electron chi connectivity index (χ3n) is 2.00. The molecule has 2 rings (SSSR count). The molecule has 0 bridgehead atoms. The van der Waals surface area contributed by atoms with E-state index in [0.29, 0.717) is 0 Å². The molecule has 0 aromatic heterocycles. The standard InChI is InChI=1S/C13H12IO.6FH.Sb/c1-15-13-9-7-12(8-10-13)14-11-5-3-2-4-6-11;;;;;;;/h2-10H,1H3;6*1H;/q+1;;;;;;;+5/p-6. The van der Waals surface area contributed by atoms with Crippen LogP contribution in [-0.4, -0.2) is 27.4 Å². The Kier molecular flexibility index (Phi) is 8.60. The molecular formula is C13H12F6IOSb. The average molecular weight is 547 g/mol. The Morgan fingerprint density at radius 2 is 1.18 bits per heavy atom. The van der Waals surface area contributed by atoms with E-state index in [-0.39, 0.29) is 25.9 Å². The summed E-state index contributed by atoms with van der Waals surface area (Å²) >= 11 is -9.23. The molecule has 0 heterocycles. The quantitative estimate of drug-likeness (QED) is 0.260. The van der Waals surface area contributed by atoms with Crippen LogP contribution < -0.4 is 30.6 Å². The monoisotopic (exact) mass is 546 g/mol. The van der Waals surface area contributed by atoms with Crippen LogP contribution in [0.15, 0.2) is 54.6 Å². The predicted molar refractivity (Wildman–Crippen MR) is 68.1 cm³/mol. The van der Waals surface area contributed by atoms with Gasteiger partial charge in [-0.15, -0.1) is 0 Å². The van der Waals surface area contributed by atoms with Crippen molar-refractivity contribution in [3.05, 3.63) is 61.7 Å². The first-order valence-corrected chi connectivity index (χ1v) is 12.5. The van der Waals surface area contributed by atoms with Crippen LogP contribution in [-0.2, 0) is 0 Å². The van der Waals surface area contributed by atoms with Gasteiger partial charge in [0.1, 0.15) is 5.75 Å². The first-order chi connectivity index (χ1) is 9.62. The first-order valence-electron chi connectivity index (χ1n) is 5.57. The van der Waals surface area contributed by atoms with Gasteiger partial charge in [0.25, 0.3) is 0 Å². The molecule has 2 aromatic rings. The van der Waals surface area contributed by atoms with E-state index < -0.39 is 20.3 Å². The second-order valence-corrected chi connectivity index (χ2v) is 10.4. The molecule has 124 valence electrons. The Morgan fingerprint density at radius 3 is 1.59 bits per heavy atom. The van der Waals surface area contributed by atoms with E-state index in [0.717, 1.165) is 5.75 Å². The maximum absolute atomic E-state index is 9.91. The number of rotatable bonds is 3. The van der Waals surface area contributed by atoms with Crippen molar-refractivity contribution in [2.24, 2.45) is 0 Å². The van der Waals surface area contributed by atoms with Crippen molar-refractivity contribution in [2.75, 3.05) is 7.11 Å². The Balaban J connectivity index is 0.000000546. The van der Waals surface area contributed by atoms with Gasteiger partial charge in [-0.25, -0.2) is 0 Å². The van der Waals surface area contributed by atoms with Crippen LogP contribution in [0.2, 0.25) is 0 Å². The summed E-state index contributed by atoms with van der Waals surface area (Å²) in [5, 5.41) is 0. The average Bonchev–Trinajstić information content (AvgIpc) is 2.38. The van der Waals surface area contributed by atoms with Crippen LogP contribution in [0.5, 0.6) is 5.75 Å². The molecule has 2 aromatic carbocycles. The summed E-state index contributed by atoms with van der Waals surface area (Å²) in [6.07, 6.45) is 0. The number of benzene rings is 2. The molecule has 0 amide bonds. The number of ether oxygens (including phenoxy) is 1. The number of hydrogen-bond donors (Lipinski definition) is 0. The molecule has 22 heavy (non-hydrogen) atoms. The third-order valence-corrected chi connectivity index (χ3v) is 4.68. The van der Waals surface area contributed by atoms with Gasteiger partial charge in [0.15, 0.2) is 7.14 Å². The van der Waals surface area contributed by atoms with Gasteiger partial charge in [0.2, 0.25) is 0 Å². The summed E-state index contributed by atoms with van der Waals surface area (Å²) in [4.78, 5) is 0. The minimum absolute atomic E-state index is 0.